The fourth-order valence-corrected chi connectivity index (χ4v) is 7.11. The normalized spacial score (nSPS) is 14.7. The van der Waals surface area contributed by atoms with Crippen LogP contribution in [-0.2, 0) is 14.0 Å². The second-order valence-electron chi connectivity index (χ2n) is 14.4. The fourth-order valence-electron chi connectivity index (χ4n) is 5.53. The largest absolute Gasteiger partial charge is 0.465 e. The van der Waals surface area contributed by atoms with Crippen molar-refractivity contribution in [3.63, 3.8) is 0 Å². The van der Waals surface area contributed by atoms with Gasteiger partial charge in [-0.3, -0.25) is 4.48 Å². The van der Waals surface area contributed by atoms with E-state index in [2.05, 4.69) is 0 Å². The van der Waals surface area contributed by atoms with Gasteiger partial charge in [0.2, 0.25) is 0 Å². The Bertz CT molecular complexity index is 698. The highest BCUT2D eigenvalue weighted by Gasteiger charge is 2.43. The summed E-state index contributed by atoms with van der Waals surface area (Å²) in [5.74, 6) is 0. The molecule has 289 valence electrons. The number of unbranched alkanes of at least 4 members (excludes halogenated alkanes) is 18. The lowest BCUT2D eigenvalue weighted by atomic mass is 10.0. The van der Waals surface area contributed by atoms with Crippen LogP contribution in [0.2, 0.25) is 0 Å². The summed E-state index contributed by atoms with van der Waals surface area (Å²) in [6.45, 7) is 1.06. The van der Waals surface area contributed by atoms with E-state index in [1.54, 1.807) is 0 Å². The number of aliphatic hydroxyl groups is 6. The second-order valence-corrected chi connectivity index (χ2v) is 16.3. The molecule has 3 unspecified atom stereocenters. The Morgan fingerprint density at radius 2 is 0.833 bits per heavy atom. The maximum atomic E-state index is 10.5. The van der Waals surface area contributed by atoms with Crippen LogP contribution in [-0.4, -0.2) is 110 Å². The van der Waals surface area contributed by atoms with E-state index < -0.39 is 39.2 Å². The van der Waals surface area contributed by atoms with Crippen LogP contribution in [0.1, 0.15) is 154 Å². The number of hydrogen-bond acceptors (Lipinski definition) is 11. The van der Waals surface area contributed by atoms with E-state index in [1.807, 2.05) is 21.1 Å². The third-order valence-electron chi connectivity index (χ3n) is 8.10. The average Bonchev–Trinajstić information content (AvgIpc) is 2.98. The van der Waals surface area contributed by atoms with Gasteiger partial charge in [0.15, 0.2) is 25.2 Å². The van der Waals surface area contributed by atoms with Gasteiger partial charge in [0, 0.05) is 0 Å². The predicted octanol–water partition coefficient (Wildman–Crippen LogP) is 5.60. The van der Waals surface area contributed by atoms with E-state index in [1.165, 1.54) is 32.3 Å². The van der Waals surface area contributed by atoms with Crippen molar-refractivity contribution in [3.05, 3.63) is 6.61 Å². The zero-order valence-electron chi connectivity index (χ0n) is 30.5. The summed E-state index contributed by atoms with van der Waals surface area (Å²) in [6.07, 6.45) is 17.4. The maximum absolute atomic E-state index is 10.5. The first-order valence-corrected chi connectivity index (χ1v) is 20.5. The molecule has 0 bridgehead atoms. The molecule has 1 radical (unpaired) electrons. The van der Waals surface area contributed by atoms with Crippen LogP contribution in [0.5, 0.6) is 0 Å². The van der Waals surface area contributed by atoms with Gasteiger partial charge in [-0.05, 0) is 51.4 Å². The number of aliphatic hydroxyl groups excluding tert-OH is 4. The Morgan fingerprint density at radius 3 is 1.19 bits per heavy atom. The molecule has 0 aliphatic heterocycles. The molecule has 12 nitrogen and oxygen atoms in total. The van der Waals surface area contributed by atoms with E-state index in [0.717, 1.165) is 103 Å². The van der Waals surface area contributed by atoms with Gasteiger partial charge >= 0.3 is 7.94 Å². The van der Waals surface area contributed by atoms with E-state index in [0.29, 0.717) is 30.2 Å². The Balaban J connectivity index is 4.28. The Hall–Kier alpha value is -0.0500. The van der Waals surface area contributed by atoms with Crippen molar-refractivity contribution in [2.75, 3.05) is 34.0 Å². The zero-order valence-corrected chi connectivity index (χ0v) is 31.4. The first-order valence-electron chi connectivity index (χ1n) is 18.7. The Labute approximate surface area is 292 Å². The smallest absolute Gasteiger partial charge is 0.368 e. The van der Waals surface area contributed by atoms with Gasteiger partial charge < -0.3 is 40.1 Å². The zero-order chi connectivity index (χ0) is 36.1. The van der Waals surface area contributed by atoms with Crippen molar-refractivity contribution in [1.82, 2.24) is 0 Å². The highest BCUT2D eigenvalue weighted by atomic mass is 31.2. The molecule has 13 heteroatoms. The molecule has 0 saturated heterocycles. The average molecular weight is 717 g/mol. The minimum absolute atomic E-state index is 0.0231. The fraction of sp³-hybridized carbons (Fsp3) is 0.971. The van der Waals surface area contributed by atoms with Crippen LogP contribution in [0.4, 0.5) is 0 Å². The van der Waals surface area contributed by atoms with Crippen LogP contribution >= 0.6 is 7.94 Å². The predicted molar refractivity (Wildman–Crippen MR) is 190 cm³/mol. The molecular formula is C35H75NO11P+2. The van der Waals surface area contributed by atoms with Crippen LogP contribution in [0.15, 0.2) is 0 Å². The number of nitrogens with zero attached hydrogens (tertiary/aromatic N) is 1. The van der Waals surface area contributed by atoms with E-state index in [4.69, 9.17) is 34.4 Å². The SMILES string of the molecule is C[N+](C)(C)C[P+](O)(O)OCC([CH]OC(O)CCCCCCCCCCCCC(O)O)OC(O)CCCCCCCCCCCCC(O)O. The van der Waals surface area contributed by atoms with Gasteiger partial charge in [0.25, 0.3) is 6.29 Å². The minimum atomic E-state index is -3.67. The molecule has 0 spiro atoms. The van der Waals surface area contributed by atoms with E-state index >= 15 is 0 Å². The first kappa shape index (κ1) is 48.0. The van der Waals surface area contributed by atoms with Gasteiger partial charge in [-0.25, -0.2) is 0 Å². The summed E-state index contributed by atoms with van der Waals surface area (Å²) < 4.78 is 17.0. The van der Waals surface area contributed by atoms with Gasteiger partial charge in [0.05, 0.1) is 21.1 Å². The van der Waals surface area contributed by atoms with Gasteiger partial charge in [-0.15, -0.1) is 0 Å². The van der Waals surface area contributed by atoms with Crippen LogP contribution in [0.25, 0.3) is 0 Å². The molecule has 8 N–H and O–H groups in total. The molecule has 0 aromatic heterocycles. The molecule has 0 saturated carbocycles. The van der Waals surface area contributed by atoms with Crippen molar-refractivity contribution >= 4 is 7.94 Å². The number of hydrogen-bond donors (Lipinski definition) is 8. The lowest BCUT2D eigenvalue weighted by Gasteiger charge is -2.26. The topological polar surface area (TPSA) is 190 Å². The molecule has 0 fully saturated rings. The van der Waals surface area contributed by atoms with E-state index in [-0.39, 0.29) is 12.9 Å². The maximum Gasteiger partial charge on any atom is 0.465 e. The van der Waals surface area contributed by atoms with E-state index in [9.17, 15) is 20.0 Å². The summed E-state index contributed by atoms with van der Waals surface area (Å²) in [4.78, 5) is 20.8. The molecule has 3 atom stereocenters. The number of rotatable bonds is 36. The quantitative estimate of drug-likeness (QED) is 0.0175. The summed E-state index contributed by atoms with van der Waals surface area (Å²) in [6, 6.07) is 0. The molecule has 0 aliphatic carbocycles. The highest BCUT2D eigenvalue weighted by molar-refractivity contribution is 7.59. The molecule has 0 aromatic rings. The highest BCUT2D eigenvalue weighted by Crippen LogP contribution is 2.52. The molecule has 0 heterocycles. The number of quaternary nitrogens is 1. The summed E-state index contributed by atoms with van der Waals surface area (Å²) in [5, 5.41) is 56.4. The van der Waals surface area contributed by atoms with Gasteiger partial charge in [-0.2, -0.15) is 14.3 Å². The molecular weight excluding hydrogens is 641 g/mol. The van der Waals surface area contributed by atoms with Gasteiger partial charge in [-0.1, -0.05) is 103 Å². The standard InChI is InChI=1S/C35H75NO11P/c1-36(2,3)30-48(43,44)46-29-31(47-35(42)27-23-19-15-11-7-5-9-13-17-21-25-33(39)40)28-45-34(41)26-22-18-14-10-6-4-8-12-16-20-24-32(37)38/h28,31-35,37-44H,4-27,29-30H2,1-3H3/q+2. The summed E-state index contributed by atoms with van der Waals surface area (Å²) >= 11 is 0. The van der Waals surface area contributed by atoms with Crippen molar-refractivity contribution in [3.8, 4) is 0 Å². The monoisotopic (exact) mass is 717 g/mol. The van der Waals surface area contributed by atoms with Crippen LogP contribution in [0.3, 0.4) is 0 Å². The second kappa shape index (κ2) is 30.6. The van der Waals surface area contributed by atoms with Crippen LogP contribution < -0.4 is 0 Å². The lowest BCUT2D eigenvalue weighted by Crippen LogP contribution is -2.37. The number of ether oxygens (including phenoxy) is 2. The molecule has 0 rings (SSSR count). The van der Waals surface area contributed by atoms with Crippen LogP contribution in [0, 0.1) is 6.61 Å². The first-order chi connectivity index (χ1) is 22.7. The lowest BCUT2D eigenvalue weighted by molar-refractivity contribution is -0.859. The summed E-state index contributed by atoms with van der Waals surface area (Å²) in [5.41, 5.74) is 0. The van der Waals surface area contributed by atoms with Crippen molar-refractivity contribution < 1.29 is 58.9 Å². The Kier molecular flexibility index (Phi) is 30.5. The third-order valence-corrected chi connectivity index (χ3v) is 9.88. The molecule has 0 aromatic carbocycles. The third kappa shape index (κ3) is 35.8. The Morgan fingerprint density at radius 1 is 0.500 bits per heavy atom. The van der Waals surface area contributed by atoms with Crippen molar-refractivity contribution in [1.29, 1.82) is 0 Å². The molecule has 48 heavy (non-hydrogen) atoms. The summed E-state index contributed by atoms with van der Waals surface area (Å²) in [7, 11) is 1.82. The molecule has 0 amide bonds. The van der Waals surface area contributed by atoms with Crippen molar-refractivity contribution in [2.24, 2.45) is 0 Å². The molecule has 0 aliphatic rings. The minimum Gasteiger partial charge on any atom is -0.368 e. The van der Waals surface area contributed by atoms with Crippen molar-refractivity contribution in [2.45, 2.75) is 185 Å². The van der Waals surface area contributed by atoms with Gasteiger partial charge in [0.1, 0.15) is 19.3 Å².